The number of rotatable bonds is 0. The van der Waals surface area contributed by atoms with Crippen molar-refractivity contribution in [1.29, 1.82) is 0 Å². The Morgan fingerprint density at radius 1 is 0.800 bits per heavy atom. The predicted octanol–water partition coefficient (Wildman–Crippen LogP) is -5.19. The van der Waals surface area contributed by atoms with Gasteiger partial charge >= 0.3 is 45.0 Å². The van der Waals surface area contributed by atoms with E-state index in [9.17, 15) is 0 Å². The molecule has 0 aromatic carbocycles. The maximum atomic E-state index is 3.00. The zero-order valence-electron chi connectivity index (χ0n) is 2.88. The van der Waals surface area contributed by atoms with Gasteiger partial charge in [-0.1, -0.05) is 0 Å². The van der Waals surface area contributed by atoms with Gasteiger partial charge in [-0.2, -0.15) is 0 Å². The Balaban J connectivity index is -0.00000000167. The third-order valence-electron chi connectivity index (χ3n) is 0. The fourth-order valence-corrected chi connectivity index (χ4v) is 0. The van der Waals surface area contributed by atoms with Gasteiger partial charge in [0.05, 0.1) is 0 Å². The third kappa shape index (κ3) is 26.0. The Morgan fingerprint density at radius 2 is 0.800 bits per heavy atom. The van der Waals surface area contributed by atoms with E-state index in [0.29, 0.717) is 0 Å². The fourth-order valence-electron chi connectivity index (χ4n) is 0. The first-order valence-electron chi connectivity index (χ1n) is 0.500. The monoisotopic (exact) mass is 324 g/mol. The van der Waals surface area contributed by atoms with E-state index in [4.69, 9.17) is 0 Å². The second kappa shape index (κ2) is 41.5. The molecular weight excluding hydrogens is 321 g/mol. The maximum absolute atomic E-state index is 3.00. The number of hydrogen-bond acceptors (Lipinski definition) is 0. The van der Waals surface area contributed by atoms with Crippen molar-refractivity contribution in [2.24, 2.45) is 0 Å². The van der Waals surface area contributed by atoms with Gasteiger partial charge in [-0.3, -0.25) is 0 Å². The summed E-state index contributed by atoms with van der Waals surface area (Å²) in [7, 11) is 0. The Labute approximate surface area is 81.7 Å². The Morgan fingerprint density at radius 3 is 0.800 bits per heavy atom. The van der Waals surface area contributed by atoms with Crippen LogP contribution in [0.4, 0.5) is 0 Å². The molecule has 0 saturated heterocycles. The summed E-state index contributed by atoms with van der Waals surface area (Å²) in [5.41, 5.74) is 0. The Kier molecular flexibility index (Phi) is 243. The van der Waals surface area contributed by atoms with E-state index in [2.05, 4.69) is 13.2 Å². The van der Waals surface area contributed by atoms with E-state index in [1.807, 2.05) is 0 Å². The average Bonchev–Trinajstić information content (AvgIpc) is 1.00. The molecule has 5 heavy (non-hydrogen) atoms. The molecule has 0 saturated carbocycles. The molecule has 0 aromatic heterocycles. The van der Waals surface area contributed by atoms with Crippen LogP contribution in [0.25, 0.3) is 0 Å². The molecule has 0 amide bonds. The molecule has 0 atom stereocenters. The summed E-state index contributed by atoms with van der Waals surface area (Å²) in [4.78, 5) is 0. The van der Waals surface area contributed by atoms with Crippen molar-refractivity contribution in [3.8, 4) is 0 Å². The van der Waals surface area contributed by atoms with Crippen molar-refractivity contribution in [2.75, 3.05) is 0 Å². The fraction of sp³-hybridized carbons (Fsp3) is 0. The third-order valence-corrected chi connectivity index (χ3v) is 0. The van der Waals surface area contributed by atoms with Gasteiger partial charge in [-0.15, -0.1) is 13.2 Å². The maximum Gasteiger partial charge on any atom is 2.00 e. The van der Waals surface area contributed by atoms with Gasteiger partial charge in [-0.25, -0.2) is 0 Å². The van der Waals surface area contributed by atoms with Gasteiger partial charge < -0.3 is 24.8 Å². The van der Waals surface area contributed by atoms with Gasteiger partial charge in [-0.05, 0) is 0 Å². The molecule has 0 radical (unpaired) electrons. The van der Waals surface area contributed by atoms with Crippen LogP contribution in [0.5, 0.6) is 0 Å². The summed E-state index contributed by atoms with van der Waals surface area (Å²) in [6, 6.07) is 0. The predicted molar refractivity (Wildman–Crippen MR) is 11.3 cm³/mol. The van der Waals surface area contributed by atoms with E-state index >= 15 is 0 Å². The second-order valence-electron chi connectivity index (χ2n) is 0. The molecule has 0 bridgehead atoms. The van der Waals surface area contributed by atoms with Crippen molar-refractivity contribution >= 4 is 0 Å². The summed E-state index contributed by atoms with van der Waals surface area (Å²) in [6.45, 7) is 6.00. The van der Waals surface area contributed by atoms with E-state index in [1.165, 1.54) is 0 Å². The Bertz CT molecular complexity index is 7.61. The van der Waals surface area contributed by atoms with E-state index in [0.717, 1.165) is 0 Å². The van der Waals surface area contributed by atoms with Crippen LogP contribution in [0, 0.1) is 45.0 Å². The quantitative estimate of drug-likeness (QED) is 0.391. The molecule has 0 aliphatic heterocycles. The van der Waals surface area contributed by atoms with Crippen molar-refractivity contribution in [2.45, 2.75) is 0 Å². The van der Waals surface area contributed by atoms with Gasteiger partial charge in [0.1, 0.15) is 0 Å². The molecule has 3 heteroatoms. The number of hydrogen-bond donors (Lipinski definition) is 0. The molecule has 28 valence electrons. The minimum absolute atomic E-state index is 0. The Hall–Kier alpha value is 1.79. The number of halogens is 2. The van der Waals surface area contributed by atoms with Crippen LogP contribution in [-0.4, -0.2) is 0 Å². The van der Waals surface area contributed by atoms with Crippen molar-refractivity contribution in [3.63, 3.8) is 0 Å². The van der Waals surface area contributed by atoms with Crippen LogP contribution < -0.4 is 24.8 Å². The molecule has 0 nitrogen and oxygen atoms in total. The van der Waals surface area contributed by atoms with Crippen molar-refractivity contribution < 1.29 is 69.8 Å². The first-order valence-corrected chi connectivity index (χ1v) is 0.500. The molecule has 0 aliphatic rings. The standard InChI is InChI=1S/C2H4.2ClH.Ra/c1-2;;;/h1-2H2;2*1H;/q;;;+2/p-2. The van der Waals surface area contributed by atoms with Crippen LogP contribution in [0.15, 0.2) is 13.2 Å². The van der Waals surface area contributed by atoms with Crippen LogP contribution >= 0.6 is 0 Å². The summed E-state index contributed by atoms with van der Waals surface area (Å²) in [5, 5.41) is 0. The summed E-state index contributed by atoms with van der Waals surface area (Å²) < 4.78 is 0. The van der Waals surface area contributed by atoms with Crippen molar-refractivity contribution in [3.05, 3.63) is 13.2 Å². The average molecular weight is 325 g/mol. The molecule has 0 aliphatic carbocycles. The molecule has 0 fully saturated rings. The molecule has 0 spiro atoms. The van der Waals surface area contributed by atoms with Gasteiger partial charge in [0.25, 0.3) is 0 Å². The summed E-state index contributed by atoms with van der Waals surface area (Å²) in [6.07, 6.45) is 0. The zero-order chi connectivity index (χ0) is 2.00. The van der Waals surface area contributed by atoms with E-state index < -0.39 is 0 Å². The first kappa shape index (κ1) is 29.3. The van der Waals surface area contributed by atoms with Crippen LogP contribution in [0.1, 0.15) is 0 Å². The molecular formula is C2H4Cl2Ra. The van der Waals surface area contributed by atoms with Gasteiger partial charge in [0.15, 0.2) is 0 Å². The van der Waals surface area contributed by atoms with Crippen LogP contribution in [-0.2, 0) is 0 Å². The topological polar surface area (TPSA) is 0 Å². The molecule has 0 aromatic rings. The molecule has 0 unspecified atom stereocenters. The smallest absolute Gasteiger partial charge is 1.00 e. The van der Waals surface area contributed by atoms with Crippen molar-refractivity contribution in [1.82, 2.24) is 0 Å². The summed E-state index contributed by atoms with van der Waals surface area (Å²) in [5.74, 6) is 0. The van der Waals surface area contributed by atoms with Crippen LogP contribution in [0.3, 0.4) is 0 Å². The molecule has 0 heterocycles. The summed E-state index contributed by atoms with van der Waals surface area (Å²) >= 11 is 0. The van der Waals surface area contributed by atoms with Gasteiger partial charge in [0.2, 0.25) is 0 Å². The minimum atomic E-state index is 0. The zero-order valence-corrected chi connectivity index (χ0v) is 10.2. The van der Waals surface area contributed by atoms with E-state index in [1.54, 1.807) is 0 Å². The first-order chi connectivity index (χ1) is 1.00. The largest absolute Gasteiger partial charge is 2.00 e. The minimum Gasteiger partial charge on any atom is -1.00 e. The second-order valence-corrected chi connectivity index (χ2v) is 0. The molecule has 0 N–H and O–H groups in total. The normalized spacial score (nSPS) is 0.800. The van der Waals surface area contributed by atoms with Crippen LogP contribution in [0.2, 0.25) is 0 Å². The SMILES string of the molecule is C=C.[Cl-].[Cl-].[Ra+2]. The van der Waals surface area contributed by atoms with Gasteiger partial charge in [0, 0.05) is 0 Å². The molecule has 0 rings (SSSR count). The van der Waals surface area contributed by atoms with E-state index in [-0.39, 0.29) is 69.8 Å².